The van der Waals surface area contributed by atoms with Crippen LogP contribution in [0.15, 0.2) is 60.7 Å². The highest BCUT2D eigenvalue weighted by Crippen LogP contribution is 2.42. The fourth-order valence-corrected chi connectivity index (χ4v) is 3.70. The third-order valence-corrected chi connectivity index (χ3v) is 5.44. The number of nitrogens with one attached hydrogen (secondary N) is 1. The molecule has 1 aliphatic rings. The van der Waals surface area contributed by atoms with Crippen molar-refractivity contribution in [3.63, 3.8) is 0 Å². The molecular weight excluding hydrogens is 308 g/mol. The molecule has 1 fully saturated rings. The van der Waals surface area contributed by atoms with Crippen molar-refractivity contribution in [3.8, 4) is 0 Å². The summed E-state index contributed by atoms with van der Waals surface area (Å²) in [6, 6.07) is 21.4. The zero-order valence-corrected chi connectivity index (χ0v) is 15.2. The molecule has 3 nitrogen and oxygen atoms in total. The van der Waals surface area contributed by atoms with Crippen molar-refractivity contribution in [2.75, 3.05) is 13.6 Å². The minimum absolute atomic E-state index is 0.197. The molecule has 0 saturated heterocycles. The third-order valence-electron chi connectivity index (χ3n) is 5.44. The second-order valence-corrected chi connectivity index (χ2v) is 7.16. The Morgan fingerprint density at radius 3 is 2.36 bits per heavy atom. The average Bonchev–Trinajstić information content (AvgIpc) is 2.65. The van der Waals surface area contributed by atoms with E-state index in [1.165, 1.54) is 17.5 Å². The monoisotopic (exact) mass is 336 g/mol. The van der Waals surface area contributed by atoms with Gasteiger partial charge < -0.3 is 10.2 Å². The van der Waals surface area contributed by atoms with Gasteiger partial charge in [0.15, 0.2) is 0 Å². The molecule has 1 amide bonds. The van der Waals surface area contributed by atoms with Crippen LogP contribution in [-0.2, 0) is 11.3 Å². The molecule has 0 bridgehead atoms. The maximum Gasteiger partial charge on any atom is 0.223 e. The van der Waals surface area contributed by atoms with E-state index >= 15 is 0 Å². The normalized spacial score (nSPS) is 22.2. The summed E-state index contributed by atoms with van der Waals surface area (Å²) in [6.07, 6.45) is 1.72. The molecule has 2 aromatic rings. The molecule has 0 unspecified atom stereocenters. The van der Waals surface area contributed by atoms with Gasteiger partial charge in [0.25, 0.3) is 0 Å². The number of carbonyl (C=O) groups excluding carboxylic acids is 1. The number of hydrogen-bond acceptors (Lipinski definition) is 2. The van der Waals surface area contributed by atoms with Gasteiger partial charge in [0, 0.05) is 32.6 Å². The Labute approximate surface area is 151 Å². The van der Waals surface area contributed by atoms with Crippen LogP contribution in [0, 0.1) is 5.92 Å². The lowest BCUT2D eigenvalue weighted by Gasteiger charge is -2.44. The fraction of sp³-hybridized carbons (Fsp3) is 0.409. The smallest absolute Gasteiger partial charge is 0.223 e. The molecule has 1 saturated carbocycles. The topological polar surface area (TPSA) is 32.3 Å². The quantitative estimate of drug-likeness (QED) is 0.834. The standard InChI is InChI=1S/C22H28N2O/c1-17-20(19-11-7-4-8-12-19)15-21(17)23-14-13-22(25)24(2)16-18-9-5-3-6-10-18/h3-12,17,20-21,23H,13-16H2,1-2H3/t17-,20+,21+/m0/s1. The van der Waals surface area contributed by atoms with E-state index in [0.717, 1.165) is 6.54 Å². The molecule has 0 spiro atoms. The zero-order valence-electron chi connectivity index (χ0n) is 15.2. The summed E-state index contributed by atoms with van der Waals surface area (Å²) in [4.78, 5) is 14.1. The van der Waals surface area contributed by atoms with Crippen molar-refractivity contribution in [2.45, 2.75) is 38.3 Å². The predicted octanol–water partition coefficient (Wildman–Crippen LogP) is 3.82. The number of rotatable bonds is 7. The second-order valence-electron chi connectivity index (χ2n) is 7.16. The van der Waals surface area contributed by atoms with Crippen molar-refractivity contribution >= 4 is 5.91 Å². The van der Waals surface area contributed by atoms with E-state index in [1.807, 2.05) is 30.1 Å². The van der Waals surface area contributed by atoms with Crippen molar-refractivity contribution in [2.24, 2.45) is 5.92 Å². The van der Waals surface area contributed by atoms with Crippen molar-refractivity contribution in [1.29, 1.82) is 0 Å². The molecule has 1 N–H and O–H groups in total. The van der Waals surface area contributed by atoms with Crippen LogP contribution in [0.25, 0.3) is 0 Å². The van der Waals surface area contributed by atoms with Gasteiger partial charge >= 0.3 is 0 Å². The molecule has 25 heavy (non-hydrogen) atoms. The predicted molar refractivity (Wildman–Crippen MR) is 102 cm³/mol. The minimum atomic E-state index is 0.197. The van der Waals surface area contributed by atoms with Gasteiger partial charge in [-0.05, 0) is 29.4 Å². The summed E-state index contributed by atoms with van der Waals surface area (Å²) in [7, 11) is 1.88. The summed E-state index contributed by atoms with van der Waals surface area (Å²) < 4.78 is 0. The van der Waals surface area contributed by atoms with Gasteiger partial charge in [0.1, 0.15) is 0 Å². The first-order valence-electron chi connectivity index (χ1n) is 9.21. The van der Waals surface area contributed by atoms with Gasteiger partial charge in [-0.1, -0.05) is 67.6 Å². The Kier molecular flexibility index (Phi) is 5.87. The van der Waals surface area contributed by atoms with Crippen LogP contribution >= 0.6 is 0 Å². The molecule has 0 radical (unpaired) electrons. The highest BCUT2D eigenvalue weighted by atomic mass is 16.2. The molecule has 2 aromatic carbocycles. The summed E-state index contributed by atoms with van der Waals surface area (Å²) in [5, 5.41) is 3.57. The highest BCUT2D eigenvalue weighted by Gasteiger charge is 2.37. The maximum absolute atomic E-state index is 12.3. The van der Waals surface area contributed by atoms with Crippen molar-refractivity contribution in [1.82, 2.24) is 10.2 Å². The molecule has 0 aliphatic heterocycles. The van der Waals surface area contributed by atoms with Gasteiger partial charge in [0.2, 0.25) is 5.91 Å². The molecule has 0 heterocycles. The van der Waals surface area contributed by atoms with Crippen molar-refractivity contribution in [3.05, 3.63) is 71.8 Å². The van der Waals surface area contributed by atoms with Gasteiger partial charge in [0.05, 0.1) is 0 Å². The Bertz CT molecular complexity index is 671. The van der Waals surface area contributed by atoms with Gasteiger partial charge in [-0.15, -0.1) is 0 Å². The van der Waals surface area contributed by atoms with E-state index in [0.29, 0.717) is 30.8 Å². The molecule has 0 aromatic heterocycles. The summed E-state index contributed by atoms with van der Waals surface area (Å²) in [5.41, 5.74) is 2.61. The second kappa shape index (κ2) is 8.30. The molecule has 3 heteroatoms. The lowest BCUT2D eigenvalue weighted by molar-refractivity contribution is -0.130. The Morgan fingerprint density at radius 1 is 1.08 bits per heavy atom. The van der Waals surface area contributed by atoms with Crippen LogP contribution in [0.3, 0.4) is 0 Å². The number of hydrogen-bond donors (Lipinski definition) is 1. The Morgan fingerprint density at radius 2 is 1.72 bits per heavy atom. The van der Waals surface area contributed by atoms with Crippen LogP contribution in [0.5, 0.6) is 0 Å². The Balaban J connectivity index is 1.38. The highest BCUT2D eigenvalue weighted by molar-refractivity contribution is 5.76. The third kappa shape index (κ3) is 4.49. The number of benzene rings is 2. The molecule has 132 valence electrons. The van der Waals surface area contributed by atoms with Gasteiger partial charge in [-0.3, -0.25) is 4.79 Å². The lowest BCUT2D eigenvalue weighted by atomic mass is 9.67. The SMILES string of the molecule is C[C@@H]1[C@H](NCCC(=O)N(C)Cc2ccccc2)C[C@H]1c1ccccc1. The van der Waals surface area contributed by atoms with Gasteiger partial charge in [-0.2, -0.15) is 0 Å². The molecule has 3 rings (SSSR count). The largest absolute Gasteiger partial charge is 0.341 e. The first-order valence-corrected chi connectivity index (χ1v) is 9.21. The van der Waals surface area contributed by atoms with Gasteiger partial charge in [-0.25, -0.2) is 0 Å². The van der Waals surface area contributed by atoms with E-state index < -0.39 is 0 Å². The summed E-state index contributed by atoms with van der Waals surface area (Å²) >= 11 is 0. The van der Waals surface area contributed by atoms with Crippen LogP contribution < -0.4 is 5.32 Å². The summed E-state index contributed by atoms with van der Waals surface area (Å²) in [5.74, 6) is 1.47. The van der Waals surface area contributed by atoms with Crippen LogP contribution in [-0.4, -0.2) is 30.4 Å². The Hall–Kier alpha value is -2.13. The molecular formula is C22H28N2O. The zero-order chi connectivity index (χ0) is 17.6. The van der Waals surface area contributed by atoms with E-state index in [1.54, 1.807) is 0 Å². The van der Waals surface area contributed by atoms with E-state index in [9.17, 15) is 4.79 Å². The number of amides is 1. The molecule has 1 aliphatic carbocycles. The minimum Gasteiger partial charge on any atom is -0.341 e. The van der Waals surface area contributed by atoms with Crippen LogP contribution in [0.1, 0.15) is 36.8 Å². The van der Waals surface area contributed by atoms with Crippen LogP contribution in [0.4, 0.5) is 0 Å². The average molecular weight is 336 g/mol. The number of nitrogens with zero attached hydrogens (tertiary/aromatic N) is 1. The van der Waals surface area contributed by atoms with Crippen LogP contribution in [0.2, 0.25) is 0 Å². The van der Waals surface area contributed by atoms with E-state index in [2.05, 4.69) is 54.7 Å². The molecule has 3 atom stereocenters. The maximum atomic E-state index is 12.3. The summed E-state index contributed by atoms with van der Waals surface area (Å²) in [6.45, 7) is 3.74. The first kappa shape index (κ1) is 17.7. The van der Waals surface area contributed by atoms with E-state index in [4.69, 9.17) is 0 Å². The lowest BCUT2D eigenvalue weighted by Crippen LogP contribution is -2.48. The first-order chi connectivity index (χ1) is 12.1. The van der Waals surface area contributed by atoms with Crippen molar-refractivity contribution < 1.29 is 4.79 Å². The number of carbonyl (C=O) groups is 1. The van der Waals surface area contributed by atoms with E-state index in [-0.39, 0.29) is 5.91 Å². The fourth-order valence-electron chi connectivity index (χ4n) is 3.70.